The summed E-state index contributed by atoms with van der Waals surface area (Å²) in [6.45, 7) is 0. The van der Waals surface area contributed by atoms with Crippen molar-refractivity contribution >= 4 is 43.7 Å². The van der Waals surface area contributed by atoms with Gasteiger partial charge >= 0.3 is 0 Å². The number of rotatable bonds is 5. The van der Waals surface area contributed by atoms with E-state index in [4.69, 9.17) is 19.4 Å². The summed E-state index contributed by atoms with van der Waals surface area (Å²) in [6, 6.07) is 58.6. The molecule has 5 heteroatoms. The van der Waals surface area contributed by atoms with Gasteiger partial charge in [0.25, 0.3) is 0 Å². The highest BCUT2D eigenvalue weighted by Gasteiger charge is 2.18. The van der Waals surface area contributed by atoms with Gasteiger partial charge in [0.15, 0.2) is 17.5 Å². The molecule has 0 aliphatic heterocycles. The van der Waals surface area contributed by atoms with Gasteiger partial charge in [0, 0.05) is 50.0 Å². The van der Waals surface area contributed by atoms with E-state index in [9.17, 15) is 0 Å². The van der Waals surface area contributed by atoms with Crippen LogP contribution in [0.4, 0.5) is 0 Å². The highest BCUT2D eigenvalue weighted by Crippen LogP contribution is 2.39. The molecule has 5 nitrogen and oxygen atoms in total. The monoisotopic (exact) mass is 640 g/mol. The van der Waals surface area contributed by atoms with Gasteiger partial charge in [0.2, 0.25) is 0 Å². The second kappa shape index (κ2) is 11.4. The van der Waals surface area contributed by atoms with Crippen LogP contribution in [0.5, 0.6) is 0 Å². The van der Waals surface area contributed by atoms with E-state index in [1.165, 1.54) is 21.9 Å². The molecule has 7 aromatic carbocycles. The van der Waals surface area contributed by atoms with Gasteiger partial charge in [0.05, 0.1) is 11.0 Å². The molecule has 10 aromatic rings. The molecule has 234 valence electrons. The lowest BCUT2D eigenvalue weighted by molar-refractivity contribution is 0.669. The molecular formula is C45H28N4O. The number of fused-ring (bicyclic) bond motifs is 6. The second-order valence-corrected chi connectivity index (χ2v) is 12.5. The Morgan fingerprint density at radius 1 is 0.340 bits per heavy atom. The Morgan fingerprint density at radius 3 is 1.52 bits per heavy atom. The maximum Gasteiger partial charge on any atom is 0.164 e. The molecule has 0 saturated heterocycles. The van der Waals surface area contributed by atoms with Crippen molar-refractivity contribution < 1.29 is 4.42 Å². The maximum atomic E-state index is 6.53. The topological polar surface area (TPSA) is 56.7 Å². The molecule has 3 heterocycles. The first-order valence-corrected chi connectivity index (χ1v) is 16.7. The van der Waals surface area contributed by atoms with Crippen molar-refractivity contribution in [2.45, 2.75) is 0 Å². The van der Waals surface area contributed by atoms with Crippen LogP contribution in [0.15, 0.2) is 174 Å². The quantitative estimate of drug-likeness (QED) is 0.188. The fourth-order valence-electron chi connectivity index (χ4n) is 7.03. The predicted molar refractivity (Wildman–Crippen MR) is 203 cm³/mol. The van der Waals surface area contributed by atoms with Gasteiger partial charge in [-0.25, -0.2) is 15.0 Å². The third-order valence-electron chi connectivity index (χ3n) is 9.45. The average molecular weight is 641 g/mol. The van der Waals surface area contributed by atoms with Crippen molar-refractivity contribution in [2.24, 2.45) is 0 Å². The van der Waals surface area contributed by atoms with Crippen LogP contribution in [0.1, 0.15) is 0 Å². The lowest BCUT2D eigenvalue weighted by Crippen LogP contribution is -2.00. The predicted octanol–water partition coefficient (Wildman–Crippen LogP) is 11.5. The Morgan fingerprint density at radius 2 is 0.860 bits per heavy atom. The molecule has 10 rings (SSSR count). The highest BCUT2D eigenvalue weighted by molar-refractivity contribution is 6.17. The summed E-state index contributed by atoms with van der Waals surface area (Å²) in [4.78, 5) is 14.8. The molecule has 0 atom stereocenters. The smallest absolute Gasteiger partial charge is 0.164 e. The number of aromatic nitrogens is 4. The maximum absolute atomic E-state index is 6.53. The molecule has 0 saturated carbocycles. The van der Waals surface area contributed by atoms with E-state index >= 15 is 0 Å². The van der Waals surface area contributed by atoms with E-state index < -0.39 is 0 Å². The SMILES string of the molecule is c1ccc(-c2ccc(-n3c4ccccc4c4cc5c(cc43)oc3ccc(-c4nc(-c6ccccc6)nc(-c6ccccc6)n4)cc35)cc2)cc1. The van der Waals surface area contributed by atoms with Gasteiger partial charge < -0.3 is 8.98 Å². The van der Waals surface area contributed by atoms with E-state index in [1.54, 1.807) is 0 Å². The van der Waals surface area contributed by atoms with Gasteiger partial charge in [-0.15, -0.1) is 0 Å². The van der Waals surface area contributed by atoms with Gasteiger partial charge in [-0.1, -0.05) is 121 Å². The summed E-state index contributed by atoms with van der Waals surface area (Å²) in [5.41, 5.74) is 10.2. The summed E-state index contributed by atoms with van der Waals surface area (Å²) in [6.07, 6.45) is 0. The number of para-hydroxylation sites is 1. The molecule has 3 aromatic heterocycles. The van der Waals surface area contributed by atoms with Crippen molar-refractivity contribution in [2.75, 3.05) is 0 Å². The summed E-state index contributed by atoms with van der Waals surface area (Å²) < 4.78 is 8.87. The van der Waals surface area contributed by atoms with Crippen LogP contribution in [0, 0.1) is 0 Å². The Balaban J connectivity index is 1.14. The number of hydrogen-bond acceptors (Lipinski definition) is 4. The number of benzene rings is 7. The van der Waals surface area contributed by atoms with Crippen LogP contribution in [0.3, 0.4) is 0 Å². The molecule has 0 N–H and O–H groups in total. The molecule has 0 spiro atoms. The van der Waals surface area contributed by atoms with Crippen molar-refractivity contribution in [3.63, 3.8) is 0 Å². The molecular weight excluding hydrogens is 613 g/mol. The molecule has 0 bridgehead atoms. The lowest BCUT2D eigenvalue weighted by atomic mass is 10.1. The first-order chi connectivity index (χ1) is 24.8. The number of furan rings is 1. The number of hydrogen-bond donors (Lipinski definition) is 0. The molecule has 0 aliphatic carbocycles. The van der Waals surface area contributed by atoms with E-state index in [1.807, 2.05) is 78.9 Å². The van der Waals surface area contributed by atoms with E-state index in [-0.39, 0.29) is 0 Å². The minimum atomic E-state index is 0.616. The van der Waals surface area contributed by atoms with Crippen LogP contribution < -0.4 is 0 Å². The molecule has 0 aliphatic rings. The van der Waals surface area contributed by atoms with Crippen molar-refractivity contribution in [3.05, 3.63) is 170 Å². The summed E-state index contributed by atoms with van der Waals surface area (Å²) >= 11 is 0. The molecule has 0 fully saturated rings. The van der Waals surface area contributed by atoms with Crippen LogP contribution in [-0.4, -0.2) is 19.5 Å². The van der Waals surface area contributed by atoms with Crippen LogP contribution >= 0.6 is 0 Å². The third kappa shape index (κ3) is 4.67. The lowest BCUT2D eigenvalue weighted by Gasteiger charge is -2.09. The van der Waals surface area contributed by atoms with Crippen molar-refractivity contribution in [3.8, 4) is 51.0 Å². The minimum absolute atomic E-state index is 0.616. The Labute approximate surface area is 287 Å². The van der Waals surface area contributed by atoms with Gasteiger partial charge in [-0.3, -0.25) is 0 Å². The summed E-state index contributed by atoms with van der Waals surface area (Å²) in [5, 5.41) is 4.44. The Kier molecular flexibility index (Phi) is 6.42. The average Bonchev–Trinajstić information content (AvgIpc) is 3.72. The van der Waals surface area contributed by atoms with E-state index in [0.717, 1.165) is 55.3 Å². The summed E-state index contributed by atoms with van der Waals surface area (Å²) in [7, 11) is 0. The number of nitrogens with zero attached hydrogens (tertiary/aromatic N) is 4. The first kappa shape index (κ1) is 28.2. The third-order valence-corrected chi connectivity index (χ3v) is 9.45. The van der Waals surface area contributed by atoms with Crippen LogP contribution in [0.2, 0.25) is 0 Å². The molecule has 0 radical (unpaired) electrons. The summed E-state index contributed by atoms with van der Waals surface area (Å²) in [5.74, 6) is 1.89. The van der Waals surface area contributed by atoms with Crippen LogP contribution in [-0.2, 0) is 0 Å². The zero-order chi connectivity index (χ0) is 33.0. The second-order valence-electron chi connectivity index (χ2n) is 12.5. The molecule has 0 unspecified atom stereocenters. The van der Waals surface area contributed by atoms with E-state index in [0.29, 0.717) is 17.5 Å². The molecule has 0 amide bonds. The first-order valence-electron chi connectivity index (χ1n) is 16.7. The van der Waals surface area contributed by atoms with Crippen molar-refractivity contribution in [1.82, 2.24) is 19.5 Å². The Hall–Kier alpha value is -6.85. The van der Waals surface area contributed by atoms with Gasteiger partial charge in [-0.2, -0.15) is 0 Å². The van der Waals surface area contributed by atoms with Gasteiger partial charge in [-0.05, 0) is 53.6 Å². The Bertz CT molecular complexity index is 2780. The molecule has 50 heavy (non-hydrogen) atoms. The zero-order valence-electron chi connectivity index (χ0n) is 26.9. The van der Waals surface area contributed by atoms with Crippen LogP contribution in [0.25, 0.3) is 94.7 Å². The fraction of sp³-hybridized carbons (Fsp3) is 0. The standard InChI is InChI=1S/C45H28N4O/c1-4-12-29(13-5-1)30-20-23-34(24-21-30)49-39-19-11-10-18-35(39)36-27-38-37-26-33(22-25-41(37)50-42(38)28-40(36)49)45-47-43(31-14-6-2-7-15-31)46-44(48-45)32-16-8-3-9-17-32/h1-28H. The zero-order valence-corrected chi connectivity index (χ0v) is 26.9. The van der Waals surface area contributed by atoms with E-state index in [2.05, 4.69) is 95.6 Å². The van der Waals surface area contributed by atoms with Gasteiger partial charge in [0.1, 0.15) is 11.2 Å². The normalized spacial score (nSPS) is 11.6. The highest BCUT2D eigenvalue weighted by atomic mass is 16.3. The van der Waals surface area contributed by atoms with Crippen molar-refractivity contribution in [1.29, 1.82) is 0 Å². The largest absolute Gasteiger partial charge is 0.456 e. The fourth-order valence-corrected chi connectivity index (χ4v) is 7.03. The minimum Gasteiger partial charge on any atom is -0.456 e.